The summed E-state index contributed by atoms with van der Waals surface area (Å²) >= 11 is 0. The van der Waals surface area contributed by atoms with Crippen LogP contribution in [-0.2, 0) is 0 Å². The molecule has 150 valence electrons. The summed E-state index contributed by atoms with van der Waals surface area (Å²) < 4.78 is 28.5. The highest BCUT2D eigenvalue weighted by atomic mass is 19.3. The molecule has 0 aliphatic carbocycles. The van der Waals surface area contributed by atoms with E-state index in [1.807, 2.05) is 6.07 Å². The second-order valence-electron chi connectivity index (χ2n) is 6.45. The first-order valence-electron chi connectivity index (χ1n) is 9.13. The molecule has 4 heterocycles. The number of nitrogens with one attached hydrogen (secondary N) is 2. The van der Waals surface area contributed by atoms with Gasteiger partial charge in [-0.15, -0.1) is 0 Å². The van der Waals surface area contributed by atoms with Gasteiger partial charge in [-0.2, -0.15) is 5.10 Å². The first kappa shape index (κ1) is 18.9. The maximum absolute atomic E-state index is 13.7. The van der Waals surface area contributed by atoms with Crippen molar-refractivity contribution >= 4 is 17.4 Å². The minimum absolute atomic E-state index is 0.203. The van der Waals surface area contributed by atoms with Crippen LogP contribution in [0.1, 0.15) is 22.5 Å². The fourth-order valence-electron chi connectivity index (χ4n) is 3.22. The number of rotatable bonds is 5. The van der Waals surface area contributed by atoms with E-state index >= 15 is 0 Å². The Bertz CT molecular complexity index is 987. The van der Waals surface area contributed by atoms with Crippen LogP contribution in [0.25, 0.3) is 5.69 Å². The van der Waals surface area contributed by atoms with Crippen LogP contribution in [0, 0.1) is 0 Å². The number of pyridine rings is 2. The molecule has 3 aromatic rings. The molecule has 10 heteroatoms. The fourth-order valence-corrected chi connectivity index (χ4v) is 3.22. The van der Waals surface area contributed by atoms with Crippen LogP contribution in [-0.4, -0.2) is 51.8 Å². The van der Waals surface area contributed by atoms with Crippen molar-refractivity contribution in [3.05, 3.63) is 60.3 Å². The number of hydrogen-bond acceptors (Lipinski definition) is 6. The standard InChI is InChI=1S/C19H19F2N7O/c20-18(21)17-15(12-25-28(17)13-1-4-22-5-2-13)19(29)26-16-11-14(3-6-24-16)27-9-7-23-8-10-27/h1-6,11-12,18,23H,7-10H2,(H,24,26,29). The number of carbonyl (C=O) groups is 1. The third-order valence-electron chi connectivity index (χ3n) is 4.63. The monoisotopic (exact) mass is 399 g/mol. The SMILES string of the molecule is O=C(Nc1cc(N2CCNCC2)ccn1)c1cnn(-c2ccncc2)c1C(F)F. The van der Waals surface area contributed by atoms with Gasteiger partial charge >= 0.3 is 0 Å². The Morgan fingerprint density at radius 3 is 2.55 bits per heavy atom. The van der Waals surface area contributed by atoms with Crippen LogP contribution >= 0.6 is 0 Å². The van der Waals surface area contributed by atoms with E-state index in [2.05, 4.69) is 30.6 Å². The first-order valence-corrected chi connectivity index (χ1v) is 9.13. The van der Waals surface area contributed by atoms with Crippen LogP contribution in [0.2, 0.25) is 0 Å². The largest absolute Gasteiger partial charge is 0.369 e. The Balaban J connectivity index is 1.58. The summed E-state index contributed by atoms with van der Waals surface area (Å²) in [7, 11) is 0. The van der Waals surface area contributed by atoms with Gasteiger partial charge in [-0.25, -0.2) is 18.4 Å². The molecule has 0 atom stereocenters. The van der Waals surface area contributed by atoms with E-state index in [1.165, 1.54) is 12.4 Å². The first-order chi connectivity index (χ1) is 14.1. The van der Waals surface area contributed by atoms with E-state index < -0.39 is 18.0 Å². The molecular formula is C19H19F2N7O. The molecule has 0 aromatic carbocycles. The molecule has 8 nitrogen and oxygen atoms in total. The van der Waals surface area contributed by atoms with Crippen molar-refractivity contribution in [1.82, 2.24) is 25.1 Å². The van der Waals surface area contributed by atoms with Gasteiger partial charge in [-0.1, -0.05) is 0 Å². The molecule has 29 heavy (non-hydrogen) atoms. The minimum atomic E-state index is -2.88. The molecule has 0 radical (unpaired) electrons. The van der Waals surface area contributed by atoms with Crippen LogP contribution in [0.15, 0.2) is 49.1 Å². The molecule has 1 aliphatic rings. The molecule has 1 amide bonds. The van der Waals surface area contributed by atoms with Gasteiger partial charge in [-0.3, -0.25) is 9.78 Å². The van der Waals surface area contributed by atoms with Crippen LogP contribution in [0.3, 0.4) is 0 Å². The number of amides is 1. The zero-order valence-electron chi connectivity index (χ0n) is 15.4. The summed E-state index contributed by atoms with van der Waals surface area (Å²) in [5, 5.41) is 9.85. The summed E-state index contributed by atoms with van der Waals surface area (Å²) in [6, 6.07) is 6.67. The zero-order valence-corrected chi connectivity index (χ0v) is 15.4. The number of alkyl halides is 2. The maximum Gasteiger partial charge on any atom is 0.281 e. The van der Waals surface area contributed by atoms with Gasteiger partial charge in [0.25, 0.3) is 12.3 Å². The smallest absolute Gasteiger partial charge is 0.281 e. The van der Waals surface area contributed by atoms with Crippen molar-refractivity contribution in [2.24, 2.45) is 0 Å². The van der Waals surface area contributed by atoms with Gasteiger partial charge in [0, 0.05) is 56.5 Å². The van der Waals surface area contributed by atoms with Gasteiger partial charge < -0.3 is 15.5 Å². The lowest BCUT2D eigenvalue weighted by Crippen LogP contribution is -2.43. The number of carbonyl (C=O) groups excluding carboxylic acids is 1. The fraction of sp³-hybridized carbons (Fsp3) is 0.263. The average Bonchev–Trinajstić information content (AvgIpc) is 3.21. The molecule has 1 aliphatic heterocycles. The van der Waals surface area contributed by atoms with Gasteiger partial charge in [0.2, 0.25) is 0 Å². The van der Waals surface area contributed by atoms with Crippen LogP contribution < -0.4 is 15.5 Å². The van der Waals surface area contributed by atoms with Gasteiger partial charge in [0.05, 0.1) is 17.4 Å². The highest BCUT2D eigenvalue weighted by Gasteiger charge is 2.26. The lowest BCUT2D eigenvalue weighted by Gasteiger charge is -2.29. The van der Waals surface area contributed by atoms with Gasteiger partial charge in [-0.05, 0) is 18.2 Å². The predicted molar refractivity (Wildman–Crippen MR) is 104 cm³/mol. The predicted octanol–water partition coefficient (Wildman–Crippen LogP) is 2.26. The lowest BCUT2D eigenvalue weighted by molar-refractivity contribution is 0.100. The molecule has 1 fully saturated rings. The average molecular weight is 399 g/mol. The number of hydrogen-bond donors (Lipinski definition) is 2. The third kappa shape index (κ3) is 4.06. The summed E-state index contributed by atoms with van der Waals surface area (Å²) in [5.74, 6) is -0.395. The number of halogens is 2. The van der Waals surface area contributed by atoms with Gasteiger partial charge in [0.15, 0.2) is 0 Å². The molecule has 1 saturated heterocycles. The van der Waals surface area contributed by atoms with E-state index in [1.54, 1.807) is 24.4 Å². The second kappa shape index (κ2) is 8.31. The third-order valence-corrected chi connectivity index (χ3v) is 4.63. The molecule has 4 rings (SSSR count). The number of piperazine rings is 1. The van der Waals surface area contributed by atoms with E-state index in [0.717, 1.165) is 42.7 Å². The number of anilines is 2. The van der Waals surface area contributed by atoms with E-state index in [0.29, 0.717) is 11.5 Å². The van der Waals surface area contributed by atoms with E-state index in [9.17, 15) is 13.6 Å². The van der Waals surface area contributed by atoms with E-state index in [-0.39, 0.29) is 5.56 Å². The van der Waals surface area contributed by atoms with Crippen LogP contribution in [0.4, 0.5) is 20.3 Å². The van der Waals surface area contributed by atoms with Crippen LogP contribution in [0.5, 0.6) is 0 Å². The maximum atomic E-state index is 13.7. The summed E-state index contributed by atoms with van der Waals surface area (Å²) in [6.45, 7) is 3.42. The van der Waals surface area contributed by atoms with Gasteiger partial charge in [0.1, 0.15) is 11.5 Å². The Kier molecular flexibility index (Phi) is 5.43. The van der Waals surface area contributed by atoms with Crippen molar-refractivity contribution in [3.63, 3.8) is 0 Å². The zero-order chi connectivity index (χ0) is 20.2. The highest BCUT2D eigenvalue weighted by Crippen LogP contribution is 2.26. The Morgan fingerprint density at radius 2 is 1.83 bits per heavy atom. The van der Waals surface area contributed by atoms with Crippen molar-refractivity contribution < 1.29 is 13.6 Å². The summed E-state index contributed by atoms with van der Waals surface area (Å²) in [6.07, 6.45) is 2.78. The molecule has 0 saturated carbocycles. The Labute approximate surface area is 165 Å². The molecule has 0 bridgehead atoms. The summed E-state index contributed by atoms with van der Waals surface area (Å²) in [5.41, 5.74) is 0.629. The molecule has 0 unspecified atom stereocenters. The normalized spacial score (nSPS) is 14.2. The molecule has 3 aromatic heterocycles. The second-order valence-corrected chi connectivity index (χ2v) is 6.45. The molecule has 2 N–H and O–H groups in total. The van der Waals surface area contributed by atoms with Crippen molar-refractivity contribution in [2.75, 3.05) is 36.4 Å². The highest BCUT2D eigenvalue weighted by molar-refractivity contribution is 6.04. The lowest BCUT2D eigenvalue weighted by atomic mass is 10.2. The number of aromatic nitrogens is 4. The van der Waals surface area contributed by atoms with Crippen molar-refractivity contribution in [2.45, 2.75) is 6.43 Å². The topological polar surface area (TPSA) is 88.0 Å². The summed E-state index contributed by atoms with van der Waals surface area (Å²) in [4.78, 5) is 22.9. The van der Waals surface area contributed by atoms with Crippen molar-refractivity contribution in [3.8, 4) is 5.69 Å². The quantitative estimate of drug-likeness (QED) is 0.684. The Morgan fingerprint density at radius 1 is 1.10 bits per heavy atom. The van der Waals surface area contributed by atoms with E-state index in [4.69, 9.17) is 0 Å². The molecular weight excluding hydrogens is 380 g/mol. The molecule has 0 spiro atoms. The number of nitrogens with zero attached hydrogens (tertiary/aromatic N) is 5. The minimum Gasteiger partial charge on any atom is -0.369 e. The Hall–Kier alpha value is -3.40. The van der Waals surface area contributed by atoms with Crippen molar-refractivity contribution in [1.29, 1.82) is 0 Å².